The molecule has 1 heterocycles. The van der Waals surface area contributed by atoms with Gasteiger partial charge in [0, 0.05) is 5.69 Å². The lowest BCUT2D eigenvalue weighted by atomic mass is 10.3. The first kappa shape index (κ1) is 12.6. The highest BCUT2D eigenvalue weighted by Crippen LogP contribution is 1.96. The van der Waals surface area contributed by atoms with E-state index in [0.717, 1.165) is 11.4 Å². The fraction of sp³-hybridized carbons (Fsp3) is 0.455. The smallest absolute Gasteiger partial charge is 0.0833 e. The Morgan fingerprint density at radius 2 is 2.00 bits per heavy atom. The summed E-state index contributed by atoms with van der Waals surface area (Å²) < 4.78 is 0. The van der Waals surface area contributed by atoms with Gasteiger partial charge in [-0.05, 0) is 19.1 Å². The predicted molar refractivity (Wildman–Crippen MR) is 62.3 cm³/mol. The molecule has 1 rings (SSSR count). The Hall–Kier alpha value is -1.46. The van der Waals surface area contributed by atoms with Crippen molar-refractivity contribution >= 4 is 6.21 Å². The van der Waals surface area contributed by atoms with Crippen LogP contribution >= 0.6 is 0 Å². The number of pyridine rings is 1. The molecule has 0 aliphatic heterocycles. The fourth-order valence-corrected chi connectivity index (χ4v) is 1.23. The van der Waals surface area contributed by atoms with Crippen LogP contribution in [0.2, 0.25) is 0 Å². The number of hydrogen-bond acceptors (Lipinski definition) is 5. The van der Waals surface area contributed by atoms with Crippen LogP contribution in [0, 0.1) is 6.92 Å². The lowest BCUT2D eigenvalue weighted by molar-refractivity contribution is 0.166. The number of rotatable bonds is 6. The van der Waals surface area contributed by atoms with Crippen LogP contribution in [0.5, 0.6) is 0 Å². The topological polar surface area (TPSA) is 69.0 Å². The van der Waals surface area contributed by atoms with E-state index in [1.165, 1.54) is 0 Å². The molecule has 88 valence electrons. The zero-order chi connectivity index (χ0) is 11.8. The van der Waals surface area contributed by atoms with Crippen molar-refractivity contribution in [1.82, 2.24) is 9.99 Å². The zero-order valence-electron chi connectivity index (χ0n) is 9.37. The SMILES string of the molecule is Cc1cccc(/C=N/N(CCO)CCO)n1. The van der Waals surface area contributed by atoms with Gasteiger partial charge in [0.05, 0.1) is 38.2 Å². The highest BCUT2D eigenvalue weighted by atomic mass is 16.3. The van der Waals surface area contributed by atoms with Crippen molar-refractivity contribution in [3.05, 3.63) is 29.6 Å². The third-order valence-corrected chi connectivity index (χ3v) is 1.98. The first-order valence-electron chi connectivity index (χ1n) is 5.20. The van der Waals surface area contributed by atoms with Crippen molar-refractivity contribution in [2.45, 2.75) is 6.92 Å². The number of aliphatic hydroxyl groups excluding tert-OH is 2. The lowest BCUT2D eigenvalue weighted by Crippen LogP contribution is -2.24. The average molecular weight is 223 g/mol. The van der Waals surface area contributed by atoms with Crippen molar-refractivity contribution in [3.8, 4) is 0 Å². The second-order valence-corrected chi connectivity index (χ2v) is 3.35. The van der Waals surface area contributed by atoms with Gasteiger partial charge in [-0.1, -0.05) is 6.07 Å². The summed E-state index contributed by atoms with van der Waals surface area (Å²) in [5.74, 6) is 0. The van der Waals surface area contributed by atoms with E-state index in [9.17, 15) is 0 Å². The van der Waals surface area contributed by atoms with Gasteiger partial charge in [0.2, 0.25) is 0 Å². The summed E-state index contributed by atoms with van der Waals surface area (Å²) in [6, 6.07) is 5.68. The molecule has 0 radical (unpaired) electrons. The summed E-state index contributed by atoms with van der Waals surface area (Å²) in [7, 11) is 0. The summed E-state index contributed by atoms with van der Waals surface area (Å²) in [6.45, 7) is 2.75. The third-order valence-electron chi connectivity index (χ3n) is 1.98. The Bertz CT molecular complexity index is 336. The summed E-state index contributed by atoms with van der Waals surface area (Å²) >= 11 is 0. The van der Waals surface area contributed by atoms with Gasteiger partial charge >= 0.3 is 0 Å². The number of aryl methyl sites for hydroxylation is 1. The molecule has 0 fully saturated rings. The number of nitrogens with zero attached hydrogens (tertiary/aromatic N) is 3. The van der Waals surface area contributed by atoms with Gasteiger partial charge < -0.3 is 10.2 Å². The molecular weight excluding hydrogens is 206 g/mol. The van der Waals surface area contributed by atoms with Crippen molar-refractivity contribution in [1.29, 1.82) is 0 Å². The maximum atomic E-state index is 8.79. The molecule has 0 unspecified atom stereocenters. The van der Waals surface area contributed by atoms with Crippen LogP contribution in [0.1, 0.15) is 11.4 Å². The van der Waals surface area contributed by atoms with E-state index in [1.807, 2.05) is 25.1 Å². The monoisotopic (exact) mass is 223 g/mol. The van der Waals surface area contributed by atoms with E-state index in [2.05, 4.69) is 10.1 Å². The molecule has 0 saturated carbocycles. The molecule has 0 aromatic carbocycles. The van der Waals surface area contributed by atoms with Gasteiger partial charge in [0.15, 0.2) is 0 Å². The standard InChI is InChI=1S/C11H17N3O2/c1-10-3-2-4-11(13-10)9-12-14(5-7-15)6-8-16/h2-4,9,15-16H,5-8H2,1H3/b12-9+. The van der Waals surface area contributed by atoms with E-state index in [1.54, 1.807) is 11.2 Å². The normalized spacial score (nSPS) is 10.9. The second kappa shape index (κ2) is 6.92. The maximum absolute atomic E-state index is 8.79. The Labute approximate surface area is 95.1 Å². The number of aromatic nitrogens is 1. The highest BCUT2D eigenvalue weighted by Gasteiger charge is 1.98. The molecule has 0 saturated heterocycles. The number of hydrogen-bond donors (Lipinski definition) is 2. The predicted octanol–water partition coefficient (Wildman–Crippen LogP) is 0.0105. The van der Waals surface area contributed by atoms with Gasteiger partial charge in [-0.3, -0.25) is 9.99 Å². The Morgan fingerprint density at radius 1 is 1.31 bits per heavy atom. The molecule has 0 atom stereocenters. The Balaban J connectivity index is 2.62. The number of aliphatic hydroxyl groups is 2. The van der Waals surface area contributed by atoms with Crippen LogP contribution in [0.4, 0.5) is 0 Å². The van der Waals surface area contributed by atoms with E-state index >= 15 is 0 Å². The summed E-state index contributed by atoms with van der Waals surface area (Å²) in [5, 5.41) is 23.3. The molecule has 0 spiro atoms. The van der Waals surface area contributed by atoms with Crippen molar-refractivity contribution in [3.63, 3.8) is 0 Å². The second-order valence-electron chi connectivity index (χ2n) is 3.35. The van der Waals surface area contributed by atoms with E-state index < -0.39 is 0 Å². The van der Waals surface area contributed by atoms with Gasteiger partial charge in [-0.25, -0.2) is 0 Å². The molecule has 0 aliphatic rings. The van der Waals surface area contributed by atoms with Crippen molar-refractivity contribution in [2.75, 3.05) is 26.3 Å². The molecule has 5 heteroatoms. The first-order chi connectivity index (χ1) is 7.76. The molecular formula is C11H17N3O2. The minimum absolute atomic E-state index is 0.0125. The van der Waals surface area contributed by atoms with Crippen LogP contribution in [-0.4, -0.2) is 52.7 Å². The van der Waals surface area contributed by atoms with Gasteiger partial charge in [-0.15, -0.1) is 0 Å². The summed E-state index contributed by atoms with van der Waals surface area (Å²) in [5.41, 5.74) is 1.70. The molecule has 0 amide bonds. The van der Waals surface area contributed by atoms with Crippen molar-refractivity contribution in [2.24, 2.45) is 5.10 Å². The van der Waals surface area contributed by atoms with Crippen LogP contribution in [0.15, 0.2) is 23.3 Å². The van der Waals surface area contributed by atoms with Crippen molar-refractivity contribution < 1.29 is 10.2 Å². The molecule has 1 aromatic rings. The molecule has 1 aromatic heterocycles. The Morgan fingerprint density at radius 3 is 2.56 bits per heavy atom. The van der Waals surface area contributed by atoms with Gasteiger partial charge in [0.25, 0.3) is 0 Å². The molecule has 16 heavy (non-hydrogen) atoms. The third kappa shape index (κ3) is 4.37. The lowest BCUT2D eigenvalue weighted by Gasteiger charge is -2.15. The minimum atomic E-state index is 0.0125. The van der Waals surface area contributed by atoms with Crippen LogP contribution < -0.4 is 0 Å². The van der Waals surface area contributed by atoms with Gasteiger partial charge in [0.1, 0.15) is 0 Å². The molecule has 2 N–H and O–H groups in total. The molecule has 5 nitrogen and oxygen atoms in total. The van der Waals surface area contributed by atoms with Crippen LogP contribution in [-0.2, 0) is 0 Å². The zero-order valence-corrected chi connectivity index (χ0v) is 9.37. The first-order valence-corrected chi connectivity index (χ1v) is 5.20. The highest BCUT2D eigenvalue weighted by molar-refractivity contribution is 5.76. The average Bonchev–Trinajstić information content (AvgIpc) is 2.27. The summed E-state index contributed by atoms with van der Waals surface area (Å²) in [4.78, 5) is 4.26. The quantitative estimate of drug-likeness (QED) is 0.526. The largest absolute Gasteiger partial charge is 0.394 e. The van der Waals surface area contributed by atoms with E-state index in [-0.39, 0.29) is 13.2 Å². The van der Waals surface area contributed by atoms with E-state index in [4.69, 9.17) is 10.2 Å². The Kier molecular flexibility index (Phi) is 5.45. The van der Waals surface area contributed by atoms with Gasteiger partial charge in [-0.2, -0.15) is 5.10 Å². The number of hydrazone groups is 1. The minimum Gasteiger partial charge on any atom is -0.394 e. The maximum Gasteiger partial charge on any atom is 0.0833 e. The molecule has 0 bridgehead atoms. The molecule has 0 aliphatic carbocycles. The van der Waals surface area contributed by atoms with Crippen LogP contribution in [0.3, 0.4) is 0 Å². The van der Waals surface area contributed by atoms with E-state index in [0.29, 0.717) is 13.1 Å². The summed E-state index contributed by atoms with van der Waals surface area (Å²) in [6.07, 6.45) is 1.62. The van der Waals surface area contributed by atoms with Crippen LogP contribution in [0.25, 0.3) is 0 Å². The fourth-order valence-electron chi connectivity index (χ4n) is 1.23.